The van der Waals surface area contributed by atoms with Gasteiger partial charge >= 0.3 is 0 Å². The third-order valence-corrected chi connectivity index (χ3v) is 2.28. The van der Waals surface area contributed by atoms with Crippen LogP contribution in [0.5, 0.6) is 5.75 Å². The van der Waals surface area contributed by atoms with Crippen molar-refractivity contribution < 1.29 is 9.53 Å². The molecule has 0 aliphatic rings. The highest BCUT2D eigenvalue weighted by atomic mass is 32.1. The van der Waals surface area contributed by atoms with Crippen molar-refractivity contribution in [1.29, 1.82) is 0 Å². The molecule has 2 rings (SSSR count). The predicted molar refractivity (Wildman–Crippen MR) is 49.4 cm³/mol. The lowest BCUT2D eigenvalue weighted by Gasteiger charge is -1.99. The van der Waals surface area contributed by atoms with Crippen LogP contribution in [-0.2, 0) is 0 Å². The maximum Gasteiger partial charge on any atom is 0.152 e. The normalized spacial score (nSPS) is 10.2. The number of carbonyl (C=O) groups is 1. The van der Waals surface area contributed by atoms with Gasteiger partial charge in [0.15, 0.2) is 6.29 Å². The molecule has 1 heterocycles. The molecular weight excluding hydrogens is 188 g/mol. The van der Waals surface area contributed by atoms with Crippen LogP contribution in [0.25, 0.3) is 11.0 Å². The molecule has 1 aromatic heterocycles. The summed E-state index contributed by atoms with van der Waals surface area (Å²) in [4.78, 5) is 10.6. The predicted octanol–water partition coefficient (Wildman–Crippen LogP) is 1.51. The average molecular weight is 194 g/mol. The molecule has 0 fully saturated rings. The smallest absolute Gasteiger partial charge is 0.152 e. The zero-order chi connectivity index (χ0) is 9.26. The van der Waals surface area contributed by atoms with Crippen molar-refractivity contribution in [2.24, 2.45) is 0 Å². The topological polar surface area (TPSA) is 52.1 Å². The number of aromatic nitrogens is 2. The lowest BCUT2D eigenvalue weighted by molar-refractivity contribution is 0.112. The first-order valence-corrected chi connectivity index (χ1v) is 4.34. The van der Waals surface area contributed by atoms with E-state index in [2.05, 4.69) is 8.75 Å². The van der Waals surface area contributed by atoms with Gasteiger partial charge in [-0.1, -0.05) is 0 Å². The van der Waals surface area contributed by atoms with Crippen molar-refractivity contribution in [3.8, 4) is 5.75 Å². The van der Waals surface area contributed by atoms with E-state index >= 15 is 0 Å². The molecule has 0 aliphatic carbocycles. The van der Waals surface area contributed by atoms with Gasteiger partial charge in [0.05, 0.1) is 18.8 Å². The first-order valence-electron chi connectivity index (χ1n) is 3.61. The molecule has 13 heavy (non-hydrogen) atoms. The van der Waals surface area contributed by atoms with Gasteiger partial charge in [0, 0.05) is 5.56 Å². The molecule has 5 heteroatoms. The molecule has 0 radical (unpaired) electrons. The van der Waals surface area contributed by atoms with E-state index < -0.39 is 0 Å². The fourth-order valence-corrected chi connectivity index (χ4v) is 1.70. The van der Waals surface area contributed by atoms with Gasteiger partial charge in [0.25, 0.3) is 0 Å². The number of carbonyl (C=O) groups excluding carboxylic acids is 1. The molecule has 0 unspecified atom stereocenters. The zero-order valence-electron chi connectivity index (χ0n) is 6.85. The highest BCUT2D eigenvalue weighted by molar-refractivity contribution is 7.00. The molecule has 4 nitrogen and oxygen atoms in total. The number of hydrogen-bond donors (Lipinski definition) is 0. The Morgan fingerprint density at radius 2 is 2.15 bits per heavy atom. The Balaban J connectivity index is 2.81. The molecular formula is C8H6N2O2S. The lowest BCUT2D eigenvalue weighted by Crippen LogP contribution is -1.88. The molecule has 0 N–H and O–H groups in total. The third-order valence-electron chi connectivity index (χ3n) is 1.76. The van der Waals surface area contributed by atoms with Crippen LogP contribution in [0.1, 0.15) is 10.4 Å². The van der Waals surface area contributed by atoms with E-state index in [1.807, 2.05) is 0 Å². The Kier molecular flexibility index (Phi) is 1.94. The lowest BCUT2D eigenvalue weighted by atomic mass is 10.2. The largest absolute Gasteiger partial charge is 0.494 e. The molecule has 0 atom stereocenters. The number of hydrogen-bond acceptors (Lipinski definition) is 5. The second-order valence-corrected chi connectivity index (χ2v) is 2.96. The highest BCUT2D eigenvalue weighted by Crippen LogP contribution is 2.25. The maximum absolute atomic E-state index is 10.6. The Labute approximate surface area is 78.5 Å². The molecule has 2 aromatic rings. The van der Waals surface area contributed by atoms with Gasteiger partial charge in [-0.05, 0) is 12.1 Å². The van der Waals surface area contributed by atoms with Crippen LogP contribution in [0.3, 0.4) is 0 Å². The summed E-state index contributed by atoms with van der Waals surface area (Å²) in [6.07, 6.45) is 0.767. The van der Waals surface area contributed by atoms with Crippen molar-refractivity contribution in [3.05, 3.63) is 17.7 Å². The Morgan fingerprint density at radius 3 is 2.85 bits per heavy atom. The van der Waals surface area contributed by atoms with E-state index in [0.29, 0.717) is 22.3 Å². The number of ether oxygens (including phenoxy) is 1. The maximum atomic E-state index is 10.6. The molecule has 0 spiro atoms. The van der Waals surface area contributed by atoms with Crippen LogP contribution in [0.4, 0.5) is 0 Å². The minimum Gasteiger partial charge on any atom is -0.494 e. The van der Waals surface area contributed by atoms with Gasteiger partial charge < -0.3 is 4.74 Å². The quantitative estimate of drug-likeness (QED) is 0.680. The van der Waals surface area contributed by atoms with Crippen LogP contribution >= 0.6 is 11.7 Å². The fraction of sp³-hybridized carbons (Fsp3) is 0.125. The Morgan fingerprint density at radius 1 is 1.38 bits per heavy atom. The van der Waals surface area contributed by atoms with Gasteiger partial charge in [-0.25, -0.2) is 0 Å². The summed E-state index contributed by atoms with van der Waals surface area (Å²) >= 11 is 1.07. The Hall–Kier alpha value is -1.49. The first kappa shape index (κ1) is 8.12. The van der Waals surface area contributed by atoms with E-state index in [4.69, 9.17) is 4.74 Å². The standard InChI is InChI=1S/C8H6N2O2S/c1-12-6-3-2-5(4-11)7-8(6)10-13-9-7/h2-4H,1H3. The zero-order valence-corrected chi connectivity index (χ0v) is 7.67. The van der Waals surface area contributed by atoms with Crippen LogP contribution < -0.4 is 4.74 Å². The molecule has 0 amide bonds. The number of methoxy groups -OCH3 is 1. The van der Waals surface area contributed by atoms with Crippen molar-refractivity contribution in [2.45, 2.75) is 0 Å². The number of aldehydes is 1. The van der Waals surface area contributed by atoms with Gasteiger partial charge in [0.1, 0.15) is 16.8 Å². The summed E-state index contributed by atoms with van der Waals surface area (Å²) in [5.74, 6) is 0.648. The monoisotopic (exact) mass is 194 g/mol. The molecule has 0 bridgehead atoms. The van der Waals surface area contributed by atoms with Gasteiger partial charge in [0.2, 0.25) is 0 Å². The van der Waals surface area contributed by atoms with Crippen molar-refractivity contribution in [3.63, 3.8) is 0 Å². The summed E-state index contributed by atoms with van der Waals surface area (Å²) < 4.78 is 13.1. The van der Waals surface area contributed by atoms with Crippen molar-refractivity contribution in [2.75, 3.05) is 7.11 Å². The minimum absolute atomic E-state index is 0.546. The summed E-state index contributed by atoms with van der Waals surface area (Å²) in [6, 6.07) is 3.39. The summed E-state index contributed by atoms with van der Waals surface area (Å²) in [5.41, 5.74) is 1.81. The molecule has 0 saturated carbocycles. The van der Waals surface area contributed by atoms with Gasteiger partial charge in [-0.15, -0.1) is 0 Å². The number of fused-ring (bicyclic) bond motifs is 1. The van der Waals surface area contributed by atoms with Crippen LogP contribution in [0, 0.1) is 0 Å². The first-order chi connectivity index (χ1) is 6.36. The van der Waals surface area contributed by atoms with E-state index in [1.54, 1.807) is 19.2 Å². The van der Waals surface area contributed by atoms with Crippen LogP contribution in [0.15, 0.2) is 12.1 Å². The summed E-state index contributed by atoms with van der Waals surface area (Å²) in [7, 11) is 1.56. The van der Waals surface area contributed by atoms with Crippen LogP contribution in [-0.4, -0.2) is 22.1 Å². The number of benzene rings is 1. The fourth-order valence-electron chi connectivity index (χ4n) is 1.12. The van der Waals surface area contributed by atoms with Crippen molar-refractivity contribution >= 4 is 29.0 Å². The van der Waals surface area contributed by atoms with E-state index in [1.165, 1.54) is 0 Å². The van der Waals surface area contributed by atoms with Crippen molar-refractivity contribution in [1.82, 2.24) is 8.75 Å². The third kappa shape index (κ3) is 1.17. The number of rotatable bonds is 2. The molecule has 0 aliphatic heterocycles. The second-order valence-electron chi connectivity index (χ2n) is 2.44. The molecule has 66 valence electrons. The van der Waals surface area contributed by atoms with Gasteiger partial charge in [-0.2, -0.15) is 8.75 Å². The molecule has 0 saturated heterocycles. The Bertz CT molecular complexity index is 452. The minimum atomic E-state index is 0.546. The highest BCUT2D eigenvalue weighted by Gasteiger charge is 2.09. The van der Waals surface area contributed by atoms with E-state index in [-0.39, 0.29) is 0 Å². The average Bonchev–Trinajstić information content (AvgIpc) is 2.64. The SMILES string of the molecule is COc1ccc(C=O)c2nsnc12. The molecule has 1 aromatic carbocycles. The van der Waals surface area contributed by atoms with Crippen LogP contribution in [0.2, 0.25) is 0 Å². The summed E-state index contributed by atoms with van der Waals surface area (Å²) in [6.45, 7) is 0. The summed E-state index contributed by atoms with van der Waals surface area (Å²) in [5, 5.41) is 0. The number of nitrogens with zero attached hydrogens (tertiary/aromatic N) is 2. The van der Waals surface area contributed by atoms with E-state index in [0.717, 1.165) is 18.0 Å². The van der Waals surface area contributed by atoms with Gasteiger partial charge in [-0.3, -0.25) is 4.79 Å². The second kappa shape index (κ2) is 3.10. The van der Waals surface area contributed by atoms with E-state index in [9.17, 15) is 4.79 Å².